The van der Waals surface area contributed by atoms with Gasteiger partial charge >= 0.3 is 0 Å². The van der Waals surface area contributed by atoms with Gasteiger partial charge in [0.2, 0.25) is 15.9 Å². The lowest BCUT2D eigenvalue weighted by molar-refractivity contribution is -0.119. The molecule has 9 heteroatoms. The van der Waals surface area contributed by atoms with Crippen molar-refractivity contribution in [3.05, 3.63) is 29.1 Å². The van der Waals surface area contributed by atoms with Gasteiger partial charge in [-0.2, -0.15) is 4.31 Å². The van der Waals surface area contributed by atoms with E-state index in [1.807, 2.05) is 38.1 Å². The highest BCUT2D eigenvalue weighted by Gasteiger charge is 2.38. The number of aromatic nitrogens is 1. The van der Waals surface area contributed by atoms with Crippen LogP contribution in [0.2, 0.25) is 0 Å². The molecule has 2 heterocycles. The van der Waals surface area contributed by atoms with Gasteiger partial charge in [-0.3, -0.25) is 4.79 Å². The normalized spacial score (nSPS) is 17.6. The van der Waals surface area contributed by atoms with Crippen molar-refractivity contribution < 1.29 is 17.9 Å². The highest BCUT2D eigenvalue weighted by Crippen LogP contribution is 2.32. The number of thiazole rings is 1. The van der Waals surface area contributed by atoms with E-state index in [1.54, 1.807) is 7.11 Å². The van der Waals surface area contributed by atoms with Crippen molar-refractivity contribution in [3.63, 3.8) is 0 Å². The largest absolute Gasteiger partial charge is 0.497 e. The quantitative estimate of drug-likeness (QED) is 0.738. The van der Waals surface area contributed by atoms with Gasteiger partial charge in [0.25, 0.3) is 0 Å². The highest BCUT2D eigenvalue weighted by molar-refractivity contribution is 7.89. The average Bonchev–Trinajstić information content (AvgIpc) is 3.29. The van der Waals surface area contributed by atoms with Gasteiger partial charge in [-0.1, -0.05) is 6.92 Å². The van der Waals surface area contributed by atoms with Crippen molar-refractivity contribution in [2.45, 2.75) is 39.2 Å². The number of nitrogens with one attached hydrogen (secondary N) is 1. The minimum Gasteiger partial charge on any atom is -0.497 e. The third-order valence-corrected chi connectivity index (χ3v) is 7.68. The van der Waals surface area contributed by atoms with Gasteiger partial charge in [-0.25, -0.2) is 13.4 Å². The zero-order valence-corrected chi connectivity index (χ0v) is 17.9. The van der Waals surface area contributed by atoms with Crippen LogP contribution in [0.25, 0.3) is 11.3 Å². The molecule has 1 fully saturated rings. The Morgan fingerprint density at radius 1 is 1.36 bits per heavy atom. The fourth-order valence-corrected chi connectivity index (χ4v) is 5.95. The molecular formula is C19H25N3O4S2. The fourth-order valence-electron chi connectivity index (χ4n) is 3.37. The Kier molecular flexibility index (Phi) is 6.36. The van der Waals surface area contributed by atoms with Crippen LogP contribution in [-0.4, -0.2) is 49.1 Å². The number of nitrogens with zero attached hydrogens (tertiary/aromatic N) is 2. The summed E-state index contributed by atoms with van der Waals surface area (Å²) < 4.78 is 31.4. The number of benzene rings is 1. The molecule has 1 amide bonds. The van der Waals surface area contributed by atoms with Gasteiger partial charge in [-0.05, 0) is 50.5 Å². The summed E-state index contributed by atoms with van der Waals surface area (Å²) in [6, 6.07) is 6.90. The number of amides is 1. The van der Waals surface area contributed by atoms with Gasteiger partial charge < -0.3 is 10.1 Å². The van der Waals surface area contributed by atoms with Crippen molar-refractivity contribution in [2.24, 2.45) is 0 Å². The van der Waals surface area contributed by atoms with Crippen molar-refractivity contribution >= 4 is 32.4 Å². The van der Waals surface area contributed by atoms with E-state index in [1.165, 1.54) is 15.6 Å². The van der Waals surface area contributed by atoms with Crippen LogP contribution in [0.15, 0.2) is 24.3 Å². The molecule has 1 atom stereocenters. The Labute approximate surface area is 169 Å². The lowest BCUT2D eigenvalue weighted by atomic mass is 10.1. The fraction of sp³-hybridized carbons (Fsp3) is 0.474. The Balaban J connectivity index is 1.75. The monoisotopic (exact) mass is 423 g/mol. The molecule has 1 aromatic heterocycles. The van der Waals surface area contributed by atoms with E-state index in [0.717, 1.165) is 21.9 Å². The van der Waals surface area contributed by atoms with E-state index in [-0.39, 0.29) is 11.7 Å². The first-order valence-corrected chi connectivity index (χ1v) is 11.7. The predicted molar refractivity (Wildman–Crippen MR) is 111 cm³/mol. The summed E-state index contributed by atoms with van der Waals surface area (Å²) in [6.07, 6.45) is 1.75. The SMILES string of the molecule is CCCS(=O)(=O)N1CCCC1C(=O)Nc1nc(-c2ccc(OC)cc2)c(C)s1. The van der Waals surface area contributed by atoms with E-state index in [0.29, 0.717) is 30.9 Å². The lowest BCUT2D eigenvalue weighted by Crippen LogP contribution is -2.44. The lowest BCUT2D eigenvalue weighted by Gasteiger charge is -2.22. The van der Waals surface area contributed by atoms with Crippen LogP contribution in [0.4, 0.5) is 5.13 Å². The third kappa shape index (κ3) is 4.37. The Morgan fingerprint density at radius 2 is 2.07 bits per heavy atom. The number of carbonyl (C=O) groups is 1. The van der Waals surface area contributed by atoms with Crippen molar-refractivity contribution in [1.82, 2.24) is 9.29 Å². The molecule has 2 aromatic rings. The molecule has 1 aliphatic heterocycles. The van der Waals surface area contributed by atoms with Gasteiger partial charge in [0, 0.05) is 17.0 Å². The summed E-state index contributed by atoms with van der Waals surface area (Å²) in [5, 5.41) is 3.30. The van der Waals surface area contributed by atoms with Crippen LogP contribution in [0.1, 0.15) is 31.1 Å². The number of ether oxygens (including phenoxy) is 1. The first kappa shape index (κ1) is 20.8. The Hall–Kier alpha value is -1.97. The van der Waals surface area contributed by atoms with Crippen LogP contribution in [0.3, 0.4) is 0 Å². The summed E-state index contributed by atoms with van der Waals surface area (Å²) in [4.78, 5) is 18.3. The van der Waals surface area contributed by atoms with Crippen LogP contribution in [0, 0.1) is 6.92 Å². The maximum Gasteiger partial charge on any atom is 0.244 e. The molecular weight excluding hydrogens is 398 g/mol. The van der Waals surface area contributed by atoms with Gasteiger partial charge in [0.05, 0.1) is 18.6 Å². The maximum atomic E-state index is 12.7. The van der Waals surface area contributed by atoms with Gasteiger partial charge in [0.15, 0.2) is 5.13 Å². The average molecular weight is 424 g/mol. The molecule has 1 aromatic carbocycles. The molecule has 28 heavy (non-hydrogen) atoms. The zero-order valence-electron chi connectivity index (χ0n) is 16.3. The number of carbonyl (C=O) groups excluding carboxylic acids is 1. The van der Waals surface area contributed by atoms with Crippen LogP contribution < -0.4 is 10.1 Å². The second kappa shape index (κ2) is 8.59. The van der Waals surface area contributed by atoms with E-state index >= 15 is 0 Å². The molecule has 7 nitrogen and oxygen atoms in total. The van der Waals surface area contributed by atoms with Crippen molar-refractivity contribution in [2.75, 3.05) is 24.7 Å². The number of aryl methyl sites for hydroxylation is 1. The molecule has 1 unspecified atom stereocenters. The Bertz CT molecular complexity index is 939. The second-order valence-corrected chi connectivity index (χ2v) is 9.97. The maximum absolute atomic E-state index is 12.7. The second-order valence-electron chi connectivity index (χ2n) is 6.73. The molecule has 152 valence electrons. The van der Waals surface area contributed by atoms with Crippen LogP contribution >= 0.6 is 11.3 Å². The number of anilines is 1. The van der Waals surface area contributed by atoms with E-state index < -0.39 is 16.1 Å². The molecule has 1 saturated heterocycles. The molecule has 1 aliphatic rings. The molecule has 0 spiro atoms. The minimum absolute atomic E-state index is 0.0642. The minimum atomic E-state index is -3.41. The summed E-state index contributed by atoms with van der Waals surface area (Å²) in [5.41, 5.74) is 1.73. The topological polar surface area (TPSA) is 88.6 Å². The first-order valence-electron chi connectivity index (χ1n) is 9.28. The number of rotatable bonds is 7. The van der Waals surface area contributed by atoms with Crippen LogP contribution in [-0.2, 0) is 14.8 Å². The number of hydrogen-bond acceptors (Lipinski definition) is 6. The highest BCUT2D eigenvalue weighted by atomic mass is 32.2. The summed E-state index contributed by atoms with van der Waals surface area (Å²) in [5.74, 6) is 0.515. The molecule has 0 radical (unpaired) electrons. The predicted octanol–water partition coefficient (Wildman–Crippen LogP) is 3.27. The number of methoxy groups -OCH3 is 1. The summed E-state index contributed by atoms with van der Waals surface area (Å²) in [6.45, 7) is 4.16. The number of hydrogen-bond donors (Lipinski definition) is 1. The van der Waals surface area contributed by atoms with Crippen LogP contribution in [0.5, 0.6) is 5.75 Å². The molecule has 3 rings (SSSR count). The third-order valence-electron chi connectivity index (χ3n) is 4.72. The van der Waals surface area contributed by atoms with E-state index in [4.69, 9.17) is 4.74 Å². The van der Waals surface area contributed by atoms with Crippen molar-refractivity contribution in [3.8, 4) is 17.0 Å². The van der Waals surface area contributed by atoms with Crippen molar-refractivity contribution in [1.29, 1.82) is 0 Å². The van der Waals surface area contributed by atoms with E-state index in [2.05, 4.69) is 10.3 Å². The summed E-state index contributed by atoms with van der Waals surface area (Å²) >= 11 is 1.38. The first-order chi connectivity index (χ1) is 13.4. The smallest absolute Gasteiger partial charge is 0.244 e. The standard InChI is InChI=1S/C19H25N3O4S2/c1-4-12-28(24,25)22-11-5-6-16(22)18(23)21-19-20-17(13(2)27-19)14-7-9-15(26-3)10-8-14/h7-10,16H,4-6,11-12H2,1-3H3,(H,20,21,23). The number of sulfonamides is 1. The molecule has 0 saturated carbocycles. The molecule has 1 N–H and O–H groups in total. The Morgan fingerprint density at radius 3 is 2.71 bits per heavy atom. The summed E-state index contributed by atoms with van der Waals surface area (Å²) in [7, 11) is -1.79. The van der Waals surface area contributed by atoms with Gasteiger partial charge in [0.1, 0.15) is 11.8 Å². The molecule has 0 aliphatic carbocycles. The van der Waals surface area contributed by atoms with E-state index in [9.17, 15) is 13.2 Å². The van der Waals surface area contributed by atoms with Gasteiger partial charge in [-0.15, -0.1) is 11.3 Å². The zero-order chi connectivity index (χ0) is 20.3. The molecule has 0 bridgehead atoms.